The van der Waals surface area contributed by atoms with Gasteiger partial charge in [-0.1, -0.05) is 37.0 Å². The molecule has 0 N–H and O–H groups in total. The van der Waals surface area contributed by atoms with Gasteiger partial charge >= 0.3 is 0 Å². The third-order valence-electron chi connectivity index (χ3n) is 2.48. The lowest BCUT2D eigenvalue weighted by atomic mass is 10.1. The maximum atomic E-state index is 13.1. The molecule has 0 saturated heterocycles. The van der Waals surface area contributed by atoms with Crippen LogP contribution in [0.3, 0.4) is 0 Å². The number of hydrogen-bond donors (Lipinski definition) is 0. The molecule has 94 valence electrons. The number of nitrogens with zero attached hydrogens (tertiary/aromatic N) is 2. The Morgan fingerprint density at radius 2 is 1.83 bits per heavy atom. The average Bonchev–Trinajstić information content (AvgIpc) is 2.31. The summed E-state index contributed by atoms with van der Waals surface area (Å²) >= 11 is 11.7. The molecule has 1 aromatic carbocycles. The van der Waals surface area contributed by atoms with E-state index in [9.17, 15) is 4.39 Å². The quantitative estimate of drug-likeness (QED) is 0.746. The lowest BCUT2D eigenvalue weighted by Crippen LogP contribution is -1.98. The van der Waals surface area contributed by atoms with Crippen LogP contribution >= 0.6 is 23.2 Å². The predicted molar refractivity (Wildman–Crippen MR) is 71.5 cm³/mol. The first kappa shape index (κ1) is 13.2. The van der Waals surface area contributed by atoms with Gasteiger partial charge in [0.15, 0.2) is 5.82 Å². The number of hydrogen-bond acceptors (Lipinski definition) is 2. The van der Waals surface area contributed by atoms with E-state index >= 15 is 0 Å². The number of benzene rings is 1. The molecule has 0 atom stereocenters. The molecule has 2 nitrogen and oxygen atoms in total. The van der Waals surface area contributed by atoms with E-state index in [2.05, 4.69) is 9.97 Å². The van der Waals surface area contributed by atoms with Gasteiger partial charge in [0.25, 0.3) is 0 Å². The van der Waals surface area contributed by atoms with Gasteiger partial charge in [-0.25, -0.2) is 14.4 Å². The first-order chi connectivity index (χ1) is 8.47. The fourth-order valence-corrected chi connectivity index (χ4v) is 1.87. The molecule has 0 spiro atoms. The van der Waals surface area contributed by atoms with E-state index in [1.807, 2.05) is 13.8 Å². The molecule has 0 amide bonds. The minimum atomic E-state index is -0.466. The summed E-state index contributed by atoms with van der Waals surface area (Å²) in [7, 11) is 0. The molecule has 0 aliphatic heterocycles. The van der Waals surface area contributed by atoms with Gasteiger partial charge in [0, 0.05) is 11.3 Å². The van der Waals surface area contributed by atoms with Crippen LogP contribution in [0.2, 0.25) is 10.2 Å². The third-order valence-corrected chi connectivity index (χ3v) is 2.97. The van der Waals surface area contributed by atoms with Crippen LogP contribution in [-0.4, -0.2) is 9.97 Å². The van der Waals surface area contributed by atoms with Crippen molar-refractivity contribution in [2.24, 2.45) is 0 Å². The molecule has 0 unspecified atom stereocenters. The lowest BCUT2D eigenvalue weighted by molar-refractivity contribution is 0.628. The number of rotatable bonds is 2. The Labute approximate surface area is 115 Å². The fraction of sp³-hybridized carbons (Fsp3) is 0.231. The Balaban J connectivity index is 2.53. The molecule has 18 heavy (non-hydrogen) atoms. The predicted octanol–water partition coefficient (Wildman–Crippen LogP) is 4.71. The van der Waals surface area contributed by atoms with Crippen LogP contribution in [-0.2, 0) is 0 Å². The van der Waals surface area contributed by atoms with Crippen molar-refractivity contribution in [3.8, 4) is 11.4 Å². The van der Waals surface area contributed by atoms with Crippen molar-refractivity contribution >= 4 is 23.2 Å². The Kier molecular flexibility index (Phi) is 3.83. The van der Waals surface area contributed by atoms with Gasteiger partial charge in [0.2, 0.25) is 0 Å². The van der Waals surface area contributed by atoms with Gasteiger partial charge in [-0.2, -0.15) is 0 Å². The standard InChI is InChI=1S/C13H11Cl2FN2/c1-7(2)11-6-12(15)18-13(17-11)8-3-4-10(16)9(14)5-8/h3-7H,1-2H3. The van der Waals surface area contributed by atoms with E-state index in [1.165, 1.54) is 12.1 Å². The van der Waals surface area contributed by atoms with E-state index in [4.69, 9.17) is 23.2 Å². The highest BCUT2D eigenvalue weighted by Gasteiger charge is 2.10. The van der Waals surface area contributed by atoms with Gasteiger partial charge in [-0.05, 0) is 30.2 Å². The number of halogens is 3. The normalized spacial score (nSPS) is 11.0. The van der Waals surface area contributed by atoms with Gasteiger partial charge in [0.05, 0.1) is 5.02 Å². The Hall–Kier alpha value is -1.19. The summed E-state index contributed by atoms with van der Waals surface area (Å²) in [6.45, 7) is 4.03. The second-order valence-corrected chi connectivity index (χ2v) is 5.02. The van der Waals surface area contributed by atoms with Crippen LogP contribution in [0.25, 0.3) is 11.4 Å². The van der Waals surface area contributed by atoms with Crippen LogP contribution in [0.15, 0.2) is 24.3 Å². The van der Waals surface area contributed by atoms with Gasteiger partial charge in [-0.3, -0.25) is 0 Å². The Morgan fingerprint density at radius 1 is 1.11 bits per heavy atom. The van der Waals surface area contributed by atoms with E-state index < -0.39 is 5.82 Å². The fourth-order valence-electron chi connectivity index (χ4n) is 1.50. The van der Waals surface area contributed by atoms with Crippen LogP contribution in [0.1, 0.15) is 25.5 Å². The Morgan fingerprint density at radius 3 is 2.44 bits per heavy atom. The molecule has 2 aromatic rings. The maximum Gasteiger partial charge on any atom is 0.161 e. The average molecular weight is 285 g/mol. The van der Waals surface area contributed by atoms with Crippen molar-refractivity contribution in [2.75, 3.05) is 0 Å². The molecule has 0 saturated carbocycles. The molecule has 0 bridgehead atoms. The molecule has 0 aliphatic rings. The summed E-state index contributed by atoms with van der Waals surface area (Å²) in [5.74, 6) is 0.222. The van der Waals surface area contributed by atoms with Crippen molar-refractivity contribution < 1.29 is 4.39 Å². The molecule has 5 heteroatoms. The van der Waals surface area contributed by atoms with Gasteiger partial charge < -0.3 is 0 Å². The SMILES string of the molecule is CC(C)c1cc(Cl)nc(-c2ccc(F)c(Cl)c2)n1. The van der Waals surface area contributed by atoms with E-state index in [1.54, 1.807) is 12.1 Å². The van der Waals surface area contributed by atoms with Crippen molar-refractivity contribution in [1.29, 1.82) is 0 Å². The van der Waals surface area contributed by atoms with Gasteiger partial charge in [0.1, 0.15) is 11.0 Å². The second kappa shape index (κ2) is 5.21. The van der Waals surface area contributed by atoms with Crippen LogP contribution in [0.4, 0.5) is 4.39 Å². The lowest BCUT2D eigenvalue weighted by Gasteiger charge is -2.08. The van der Waals surface area contributed by atoms with Crippen LogP contribution in [0, 0.1) is 5.82 Å². The zero-order chi connectivity index (χ0) is 13.3. The summed E-state index contributed by atoms with van der Waals surface area (Å²) in [6.07, 6.45) is 0. The summed E-state index contributed by atoms with van der Waals surface area (Å²) in [4.78, 5) is 8.53. The summed E-state index contributed by atoms with van der Waals surface area (Å²) in [5.41, 5.74) is 1.48. The molecular weight excluding hydrogens is 274 g/mol. The Bertz CT molecular complexity index is 585. The van der Waals surface area contributed by atoms with E-state index in [-0.39, 0.29) is 10.9 Å². The van der Waals surface area contributed by atoms with Crippen LogP contribution in [0.5, 0.6) is 0 Å². The van der Waals surface area contributed by atoms with Crippen LogP contribution < -0.4 is 0 Å². The van der Waals surface area contributed by atoms with Crippen molar-refractivity contribution in [3.63, 3.8) is 0 Å². The minimum Gasteiger partial charge on any atom is -0.233 e. The van der Waals surface area contributed by atoms with Gasteiger partial charge in [-0.15, -0.1) is 0 Å². The first-order valence-corrected chi connectivity index (χ1v) is 6.23. The molecule has 1 aromatic heterocycles. The highest BCUT2D eigenvalue weighted by Crippen LogP contribution is 2.25. The molecule has 1 heterocycles. The summed E-state index contributed by atoms with van der Waals surface area (Å²) < 4.78 is 13.1. The largest absolute Gasteiger partial charge is 0.233 e. The number of aromatic nitrogens is 2. The highest BCUT2D eigenvalue weighted by atomic mass is 35.5. The smallest absolute Gasteiger partial charge is 0.161 e. The van der Waals surface area contributed by atoms with E-state index in [0.29, 0.717) is 16.5 Å². The maximum absolute atomic E-state index is 13.1. The molecule has 0 fully saturated rings. The first-order valence-electron chi connectivity index (χ1n) is 5.47. The third kappa shape index (κ3) is 2.79. The zero-order valence-corrected chi connectivity index (χ0v) is 11.4. The summed E-state index contributed by atoms with van der Waals surface area (Å²) in [6, 6.07) is 6.08. The van der Waals surface area contributed by atoms with E-state index in [0.717, 1.165) is 5.69 Å². The second-order valence-electron chi connectivity index (χ2n) is 4.22. The minimum absolute atomic E-state index is 0.0437. The van der Waals surface area contributed by atoms with Crippen molar-refractivity contribution in [2.45, 2.75) is 19.8 Å². The molecule has 0 aliphatic carbocycles. The van der Waals surface area contributed by atoms with Crippen molar-refractivity contribution in [1.82, 2.24) is 9.97 Å². The monoisotopic (exact) mass is 284 g/mol. The molecule has 2 rings (SSSR count). The summed E-state index contributed by atoms with van der Waals surface area (Å²) in [5, 5.41) is 0.409. The molecule has 0 radical (unpaired) electrons. The van der Waals surface area contributed by atoms with Crippen molar-refractivity contribution in [3.05, 3.63) is 46.0 Å². The molecular formula is C13H11Cl2FN2. The topological polar surface area (TPSA) is 25.8 Å². The zero-order valence-electron chi connectivity index (χ0n) is 9.92. The highest BCUT2D eigenvalue weighted by molar-refractivity contribution is 6.31.